The first kappa shape index (κ1) is 20.3. The fourth-order valence-electron chi connectivity index (χ4n) is 1.85. The number of aliphatic imine (C=N–C) groups is 2. The number of benzene rings is 1. The van der Waals surface area contributed by atoms with Gasteiger partial charge in [-0.3, -0.25) is 25.8 Å². The molecule has 0 aliphatic carbocycles. The van der Waals surface area contributed by atoms with E-state index in [0.29, 0.717) is 5.69 Å². The van der Waals surface area contributed by atoms with E-state index in [4.69, 9.17) is 5.73 Å². The Morgan fingerprint density at radius 3 is 2.89 bits per heavy atom. The second-order valence-corrected chi connectivity index (χ2v) is 5.86. The predicted octanol–water partition coefficient (Wildman–Crippen LogP) is 0.891. The number of carbonyl (C=O) groups is 1. The number of halogens is 2. The molecular weight excluding hydrogens is 427 g/mol. The number of hydrogen-bond donors (Lipinski definition) is 5. The molecule has 0 aliphatic rings. The first-order valence-electron chi connectivity index (χ1n) is 7.49. The first-order valence-corrected chi connectivity index (χ1v) is 8.28. The monoisotopic (exact) mass is 442 g/mol. The van der Waals surface area contributed by atoms with E-state index in [2.05, 4.69) is 51.5 Å². The SMILES string of the molecule is CC(=O)NC(N)=NCCNc1nonc1C(=Nc1ccc(F)c(Br)c1)NO. The highest BCUT2D eigenvalue weighted by Gasteiger charge is 2.16. The van der Waals surface area contributed by atoms with Gasteiger partial charge in [-0.05, 0) is 44.4 Å². The van der Waals surface area contributed by atoms with Crippen LogP contribution in [0.4, 0.5) is 15.9 Å². The lowest BCUT2D eigenvalue weighted by atomic mass is 10.3. The van der Waals surface area contributed by atoms with Gasteiger partial charge in [-0.15, -0.1) is 0 Å². The molecule has 13 heteroatoms. The molecule has 11 nitrogen and oxygen atoms in total. The molecule has 144 valence electrons. The van der Waals surface area contributed by atoms with Crippen molar-refractivity contribution < 1.29 is 19.0 Å². The summed E-state index contributed by atoms with van der Waals surface area (Å²) >= 11 is 3.05. The van der Waals surface area contributed by atoms with E-state index in [1.807, 2.05) is 5.48 Å². The van der Waals surface area contributed by atoms with E-state index >= 15 is 0 Å². The van der Waals surface area contributed by atoms with Crippen LogP contribution in [0.3, 0.4) is 0 Å². The highest BCUT2D eigenvalue weighted by Crippen LogP contribution is 2.23. The molecule has 0 bridgehead atoms. The van der Waals surface area contributed by atoms with Gasteiger partial charge in [0.1, 0.15) is 5.82 Å². The summed E-state index contributed by atoms with van der Waals surface area (Å²) in [5.74, 6) is -0.668. The number of hydrogen-bond acceptors (Lipinski definition) is 8. The lowest BCUT2D eigenvalue weighted by molar-refractivity contribution is -0.117. The van der Waals surface area contributed by atoms with E-state index in [-0.39, 0.29) is 46.8 Å². The van der Waals surface area contributed by atoms with Gasteiger partial charge in [0.2, 0.25) is 11.7 Å². The van der Waals surface area contributed by atoms with E-state index in [1.54, 1.807) is 0 Å². The number of hydroxylamine groups is 1. The molecule has 0 radical (unpaired) electrons. The Labute approximate surface area is 161 Å². The Hall–Kier alpha value is -3.06. The summed E-state index contributed by atoms with van der Waals surface area (Å²) in [5, 5.41) is 21.9. The quantitative estimate of drug-likeness (QED) is 0.190. The predicted molar refractivity (Wildman–Crippen MR) is 98.3 cm³/mol. The highest BCUT2D eigenvalue weighted by molar-refractivity contribution is 9.10. The van der Waals surface area contributed by atoms with Crippen LogP contribution in [-0.4, -0.2) is 46.3 Å². The number of amides is 1. The average Bonchev–Trinajstić information content (AvgIpc) is 3.07. The molecule has 1 aromatic heterocycles. The summed E-state index contributed by atoms with van der Waals surface area (Å²) in [7, 11) is 0. The second kappa shape index (κ2) is 9.59. The van der Waals surface area contributed by atoms with Crippen molar-refractivity contribution in [3.8, 4) is 0 Å². The second-order valence-electron chi connectivity index (χ2n) is 5.01. The van der Waals surface area contributed by atoms with Crippen molar-refractivity contribution in [3.05, 3.63) is 34.2 Å². The maximum absolute atomic E-state index is 13.3. The van der Waals surface area contributed by atoms with Crippen molar-refractivity contribution in [1.29, 1.82) is 0 Å². The smallest absolute Gasteiger partial charge is 0.223 e. The summed E-state index contributed by atoms with van der Waals surface area (Å²) in [5.41, 5.74) is 7.84. The molecule has 2 rings (SSSR count). The first-order chi connectivity index (χ1) is 12.9. The van der Waals surface area contributed by atoms with Crippen LogP contribution in [0.25, 0.3) is 0 Å². The molecule has 0 fully saturated rings. The topological polar surface area (TPSA) is 163 Å². The van der Waals surface area contributed by atoms with Crippen LogP contribution >= 0.6 is 15.9 Å². The van der Waals surface area contributed by atoms with Crippen molar-refractivity contribution in [2.75, 3.05) is 18.4 Å². The maximum Gasteiger partial charge on any atom is 0.223 e. The number of aromatic nitrogens is 2. The zero-order valence-corrected chi connectivity index (χ0v) is 15.6. The summed E-state index contributed by atoms with van der Waals surface area (Å²) in [6.45, 7) is 1.82. The molecule has 6 N–H and O–H groups in total. The Balaban J connectivity index is 2.08. The largest absolute Gasteiger partial charge is 0.370 e. The van der Waals surface area contributed by atoms with Crippen molar-refractivity contribution in [2.24, 2.45) is 15.7 Å². The minimum absolute atomic E-state index is 0.0102. The normalized spacial score (nSPS) is 12.0. The third-order valence-corrected chi connectivity index (χ3v) is 3.56. The summed E-state index contributed by atoms with van der Waals surface area (Å²) in [4.78, 5) is 18.9. The fraction of sp³-hybridized carbons (Fsp3) is 0.214. The summed E-state index contributed by atoms with van der Waals surface area (Å²) in [6, 6.07) is 4.06. The molecule has 0 saturated carbocycles. The van der Waals surface area contributed by atoms with Crippen molar-refractivity contribution >= 4 is 45.1 Å². The zero-order chi connectivity index (χ0) is 19.8. The number of rotatable bonds is 6. The lowest BCUT2D eigenvalue weighted by Crippen LogP contribution is -2.35. The van der Waals surface area contributed by atoms with Crippen LogP contribution in [0.15, 0.2) is 37.3 Å². The van der Waals surface area contributed by atoms with Gasteiger partial charge in [0.25, 0.3) is 0 Å². The Morgan fingerprint density at radius 2 is 2.22 bits per heavy atom. The molecule has 0 spiro atoms. The van der Waals surface area contributed by atoms with Gasteiger partial charge in [-0.2, -0.15) is 0 Å². The minimum atomic E-state index is -0.447. The van der Waals surface area contributed by atoms with Crippen LogP contribution in [0, 0.1) is 5.82 Å². The molecule has 1 amide bonds. The van der Waals surface area contributed by atoms with Crippen LogP contribution in [0.2, 0.25) is 0 Å². The van der Waals surface area contributed by atoms with E-state index in [1.165, 1.54) is 25.1 Å². The molecule has 0 unspecified atom stereocenters. The van der Waals surface area contributed by atoms with Crippen molar-refractivity contribution in [1.82, 2.24) is 21.1 Å². The molecular formula is C14H16BrFN8O3. The third-order valence-electron chi connectivity index (χ3n) is 2.95. The number of nitrogens with two attached hydrogens (primary N) is 1. The third kappa shape index (κ3) is 6.00. The van der Waals surface area contributed by atoms with Gasteiger partial charge in [0, 0.05) is 13.5 Å². The number of guanidine groups is 1. The van der Waals surface area contributed by atoms with Crippen molar-refractivity contribution in [3.63, 3.8) is 0 Å². The van der Waals surface area contributed by atoms with Gasteiger partial charge >= 0.3 is 0 Å². The Bertz CT molecular complexity index is 870. The van der Waals surface area contributed by atoms with Crippen molar-refractivity contribution in [2.45, 2.75) is 6.92 Å². The maximum atomic E-state index is 13.3. The van der Waals surface area contributed by atoms with E-state index < -0.39 is 5.82 Å². The average molecular weight is 443 g/mol. The summed E-state index contributed by atoms with van der Waals surface area (Å²) in [6.07, 6.45) is 0. The molecule has 0 saturated heterocycles. The van der Waals surface area contributed by atoms with Gasteiger partial charge < -0.3 is 11.1 Å². The summed E-state index contributed by atoms with van der Waals surface area (Å²) < 4.78 is 18.2. The van der Waals surface area contributed by atoms with Gasteiger partial charge in [-0.25, -0.2) is 14.0 Å². The minimum Gasteiger partial charge on any atom is -0.370 e. The number of nitrogens with zero attached hydrogens (tertiary/aromatic N) is 4. The number of anilines is 1. The van der Waals surface area contributed by atoms with E-state index in [0.717, 1.165) is 0 Å². The van der Waals surface area contributed by atoms with Gasteiger partial charge in [-0.1, -0.05) is 0 Å². The molecule has 1 aromatic carbocycles. The lowest BCUT2D eigenvalue weighted by Gasteiger charge is -2.05. The zero-order valence-electron chi connectivity index (χ0n) is 14.0. The number of carbonyl (C=O) groups excluding carboxylic acids is 1. The molecule has 27 heavy (non-hydrogen) atoms. The molecule has 0 aliphatic heterocycles. The van der Waals surface area contributed by atoms with Gasteiger partial charge in [0.05, 0.1) is 16.7 Å². The fourth-order valence-corrected chi connectivity index (χ4v) is 2.21. The Morgan fingerprint density at radius 1 is 1.44 bits per heavy atom. The van der Waals surface area contributed by atoms with Crippen LogP contribution in [-0.2, 0) is 4.79 Å². The van der Waals surface area contributed by atoms with E-state index in [9.17, 15) is 14.4 Å². The van der Waals surface area contributed by atoms with Crippen LogP contribution in [0.1, 0.15) is 12.6 Å². The molecule has 1 heterocycles. The number of amidine groups is 1. The highest BCUT2D eigenvalue weighted by atomic mass is 79.9. The van der Waals surface area contributed by atoms with Gasteiger partial charge in [0.15, 0.2) is 17.5 Å². The molecule has 2 aromatic rings. The van der Waals surface area contributed by atoms with Crippen LogP contribution < -0.4 is 21.8 Å². The number of nitrogens with one attached hydrogen (secondary N) is 3. The Kier molecular flexibility index (Phi) is 7.19. The van der Waals surface area contributed by atoms with Crippen LogP contribution in [0.5, 0.6) is 0 Å². The standard InChI is InChI=1S/C14H16BrFN8O3/c1-7(25)20-14(17)19-5-4-18-12-11(23-27-24-12)13(22-26)21-8-2-3-10(16)9(15)6-8/h2-3,6,26H,4-5H2,1H3,(H,18,24)(H,21,22)(H3,17,19,20,25). The molecule has 0 atom stereocenters.